The van der Waals surface area contributed by atoms with Crippen LogP contribution in [0.5, 0.6) is 0 Å². The first kappa shape index (κ1) is 13.7. The number of aryl methyl sites for hydroxylation is 1. The zero-order valence-electron chi connectivity index (χ0n) is 10.6. The van der Waals surface area contributed by atoms with Crippen LogP contribution in [-0.4, -0.2) is 26.8 Å². The topological polar surface area (TPSA) is 84.2 Å². The normalized spacial score (nSPS) is 10.3. The molecule has 2 aromatic rings. The van der Waals surface area contributed by atoms with Gasteiger partial charge in [-0.05, 0) is 30.7 Å². The predicted octanol–water partition coefficient (Wildman–Crippen LogP) is 1.67. The van der Waals surface area contributed by atoms with Gasteiger partial charge in [0.1, 0.15) is 18.1 Å². The largest absolute Gasteiger partial charge is 0.477 e. The lowest BCUT2D eigenvalue weighted by molar-refractivity contribution is -0.116. The first-order chi connectivity index (χ1) is 9.47. The number of carbonyl (C=O) groups excluding carboxylic acids is 1. The van der Waals surface area contributed by atoms with Gasteiger partial charge in [-0.1, -0.05) is 6.07 Å². The van der Waals surface area contributed by atoms with Crippen LogP contribution in [0.4, 0.5) is 10.1 Å². The van der Waals surface area contributed by atoms with E-state index in [4.69, 9.17) is 5.11 Å². The van der Waals surface area contributed by atoms with E-state index in [0.29, 0.717) is 0 Å². The summed E-state index contributed by atoms with van der Waals surface area (Å²) in [6.45, 7) is 1.47. The molecule has 104 valence electrons. The molecule has 20 heavy (non-hydrogen) atoms. The Balaban J connectivity index is 2.11. The monoisotopic (exact) mass is 277 g/mol. The fourth-order valence-electron chi connectivity index (χ4n) is 1.70. The van der Waals surface area contributed by atoms with Crippen LogP contribution in [0.3, 0.4) is 0 Å². The molecule has 0 unspecified atom stereocenters. The third-order valence-corrected chi connectivity index (χ3v) is 2.62. The van der Waals surface area contributed by atoms with E-state index in [2.05, 4.69) is 10.4 Å². The van der Waals surface area contributed by atoms with Gasteiger partial charge in [-0.15, -0.1) is 0 Å². The van der Waals surface area contributed by atoms with Gasteiger partial charge in [-0.25, -0.2) is 13.9 Å². The van der Waals surface area contributed by atoms with Gasteiger partial charge in [-0.2, -0.15) is 5.10 Å². The lowest BCUT2D eigenvalue weighted by Crippen LogP contribution is -2.22. The molecule has 0 saturated carbocycles. The summed E-state index contributed by atoms with van der Waals surface area (Å²) in [7, 11) is 0. The summed E-state index contributed by atoms with van der Waals surface area (Å²) >= 11 is 0. The van der Waals surface area contributed by atoms with Gasteiger partial charge >= 0.3 is 5.97 Å². The molecular formula is C13H12FN3O3. The number of amides is 1. The Hall–Kier alpha value is -2.70. The fraction of sp³-hybridized carbons (Fsp3) is 0.154. The van der Waals surface area contributed by atoms with Gasteiger partial charge in [0.2, 0.25) is 5.91 Å². The zero-order valence-corrected chi connectivity index (χ0v) is 10.6. The Labute approximate surface area is 113 Å². The van der Waals surface area contributed by atoms with E-state index in [9.17, 15) is 14.0 Å². The number of aromatic carboxylic acids is 1. The maximum absolute atomic E-state index is 13.5. The third-order valence-electron chi connectivity index (χ3n) is 2.62. The molecule has 0 aliphatic rings. The summed E-state index contributed by atoms with van der Waals surface area (Å²) in [4.78, 5) is 22.7. The van der Waals surface area contributed by atoms with Crippen LogP contribution in [0.1, 0.15) is 16.1 Å². The van der Waals surface area contributed by atoms with Crippen molar-refractivity contribution in [2.24, 2.45) is 0 Å². The molecule has 0 saturated heterocycles. The van der Waals surface area contributed by atoms with E-state index in [-0.39, 0.29) is 17.9 Å². The van der Waals surface area contributed by atoms with Crippen molar-refractivity contribution in [3.63, 3.8) is 0 Å². The Kier molecular flexibility index (Phi) is 3.79. The molecule has 6 nitrogen and oxygen atoms in total. The number of carbonyl (C=O) groups is 2. The number of hydrogen-bond donors (Lipinski definition) is 2. The van der Waals surface area contributed by atoms with Crippen molar-refractivity contribution in [1.82, 2.24) is 9.78 Å². The quantitative estimate of drug-likeness (QED) is 0.890. The molecule has 0 fully saturated rings. The first-order valence-corrected chi connectivity index (χ1v) is 5.78. The standard InChI is InChI=1S/C13H12FN3O3/c1-8-2-3-9(14)10(6-8)16-12(18)7-17-11(13(19)20)4-5-15-17/h2-6H,7H2,1H3,(H,16,18)(H,19,20). The van der Waals surface area contributed by atoms with Crippen molar-refractivity contribution in [1.29, 1.82) is 0 Å². The van der Waals surface area contributed by atoms with Crippen molar-refractivity contribution in [3.8, 4) is 0 Å². The number of benzene rings is 1. The van der Waals surface area contributed by atoms with Crippen LogP contribution in [-0.2, 0) is 11.3 Å². The Morgan fingerprint density at radius 1 is 1.40 bits per heavy atom. The molecule has 2 N–H and O–H groups in total. The summed E-state index contributed by atoms with van der Waals surface area (Å²) in [5.41, 5.74) is 0.746. The van der Waals surface area contributed by atoms with Crippen LogP contribution in [0.25, 0.3) is 0 Å². The first-order valence-electron chi connectivity index (χ1n) is 5.78. The number of anilines is 1. The highest BCUT2D eigenvalue weighted by Gasteiger charge is 2.14. The highest BCUT2D eigenvalue weighted by Crippen LogP contribution is 2.15. The minimum Gasteiger partial charge on any atom is -0.477 e. The molecule has 1 aromatic heterocycles. The molecule has 2 rings (SSSR count). The van der Waals surface area contributed by atoms with Crippen LogP contribution in [0, 0.1) is 12.7 Å². The van der Waals surface area contributed by atoms with Crippen LogP contribution < -0.4 is 5.32 Å². The molecule has 1 amide bonds. The van der Waals surface area contributed by atoms with Crippen LogP contribution in [0.15, 0.2) is 30.5 Å². The number of carboxylic acids is 1. The van der Waals surface area contributed by atoms with Gasteiger partial charge in [0, 0.05) is 6.20 Å². The Morgan fingerprint density at radius 2 is 2.15 bits per heavy atom. The molecule has 1 aromatic carbocycles. The highest BCUT2D eigenvalue weighted by molar-refractivity contribution is 5.92. The molecule has 0 aliphatic heterocycles. The number of nitrogens with one attached hydrogen (secondary N) is 1. The van der Waals surface area contributed by atoms with Gasteiger partial charge in [0.05, 0.1) is 5.69 Å². The van der Waals surface area contributed by atoms with E-state index in [0.717, 1.165) is 10.2 Å². The van der Waals surface area contributed by atoms with Crippen LogP contribution >= 0.6 is 0 Å². The molecule has 0 bridgehead atoms. The van der Waals surface area contributed by atoms with Crippen molar-refractivity contribution >= 4 is 17.6 Å². The molecule has 0 atom stereocenters. The van der Waals surface area contributed by atoms with E-state index in [1.807, 2.05) is 0 Å². The molecule has 0 spiro atoms. The summed E-state index contributed by atoms with van der Waals surface area (Å²) in [6.07, 6.45) is 1.28. The number of nitrogens with zero attached hydrogens (tertiary/aromatic N) is 2. The van der Waals surface area contributed by atoms with Crippen molar-refractivity contribution < 1.29 is 19.1 Å². The molecule has 0 aliphatic carbocycles. The average Bonchev–Trinajstić information content (AvgIpc) is 2.82. The SMILES string of the molecule is Cc1ccc(F)c(NC(=O)Cn2nccc2C(=O)O)c1. The van der Waals surface area contributed by atoms with Gasteiger partial charge in [0.25, 0.3) is 0 Å². The molecule has 0 radical (unpaired) electrons. The predicted molar refractivity (Wildman–Crippen MR) is 69.0 cm³/mol. The molecule has 7 heteroatoms. The Bertz CT molecular complexity index is 667. The van der Waals surface area contributed by atoms with E-state index in [1.54, 1.807) is 13.0 Å². The van der Waals surface area contributed by atoms with Crippen LogP contribution in [0.2, 0.25) is 0 Å². The lowest BCUT2D eigenvalue weighted by Gasteiger charge is -2.08. The lowest BCUT2D eigenvalue weighted by atomic mass is 10.2. The average molecular weight is 277 g/mol. The number of carboxylic acid groups (broad SMARTS) is 1. The van der Waals surface area contributed by atoms with E-state index < -0.39 is 17.7 Å². The smallest absolute Gasteiger partial charge is 0.354 e. The summed E-state index contributed by atoms with van der Waals surface area (Å²) in [6, 6.07) is 5.61. The number of rotatable bonds is 4. The maximum Gasteiger partial charge on any atom is 0.354 e. The second-order valence-electron chi connectivity index (χ2n) is 4.21. The van der Waals surface area contributed by atoms with Gasteiger partial charge in [0.15, 0.2) is 0 Å². The van der Waals surface area contributed by atoms with E-state index >= 15 is 0 Å². The number of aromatic nitrogens is 2. The summed E-state index contributed by atoms with van der Waals surface area (Å²) in [5, 5.41) is 15.0. The second-order valence-corrected chi connectivity index (χ2v) is 4.21. The maximum atomic E-state index is 13.5. The van der Waals surface area contributed by atoms with E-state index in [1.165, 1.54) is 24.4 Å². The molecular weight excluding hydrogens is 265 g/mol. The number of halogens is 1. The van der Waals surface area contributed by atoms with Gasteiger partial charge in [-0.3, -0.25) is 4.79 Å². The zero-order chi connectivity index (χ0) is 14.7. The molecule has 1 heterocycles. The van der Waals surface area contributed by atoms with Crippen molar-refractivity contribution in [2.75, 3.05) is 5.32 Å². The van der Waals surface area contributed by atoms with Crippen molar-refractivity contribution in [3.05, 3.63) is 47.5 Å². The van der Waals surface area contributed by atoms with Gasteiger partial charge < -0.3 is 10.4 Å². The minimum atomic E-state index is -1.18. The minimum absolute atomic E-state index is 0.0547. The highest BCUT2D eigenvalue weighted by atomic mass is 19.1. The Morgan fingerprint density at radius 3 is 2.85 bits per heavy atom. The summed E-state index contributed by atoms with van der Waals surface area (Å²) in [5.74, 6) is -2.29. The fourth-order valence-corrected chi connectivity index (χ4v) is 1.70. The van der Waals surface area contributed by atoms with Crippen molar-refractivity contribution in [2.45, 2.75) is 13.5 Å². The second kappa shape index (κ2) is 5.52. The number of hydrogen-bond acceptors (Lipinski definition) is 3. The summed E-state index contributed by atoms with van der Waals surface area (Å²) < 4.78 is 14.5. The third kappa shape index (κ3) is 3.00.